The maximum absolute atomic E-state index is 12.3. The van der Waals surface area contributed by atoms with Gasteiger partial charge in [-0.3, -0.25) is 4.79 Å². The van der Waals surface area contributed by atoms with Crippen molar-refractivity contribution >= 4 is 11.9 Å². The Hall–Kier alpha value is -3.78. The fraction of sp³-hybridized carbons (Fsp3) is 0.222. The van der Waals surface area contributed by atoms with Gasteiger partial charge in [-0.15, -0.1) is 0 Å². The molecule has 0 aliphatic rings. The van der Waals surface area contributed by atoms with Gasteiger partial charge in [0, 0.05) is 11.8 Å². The zero-order valence-corrected chi connectivity index (χ0v) is 14.4. The molecule has 1 aromatic rings. The molecule has 0 unspecified atom stereocenters. The summed E-state index contributed by atoms with van der Waals surface area (Å²) >= 11 is 0. The van der Waals surface area contributed by atoms with Crippen LogP contribution in [0.1, 0.15) is 24.2 Å². The largest absolute Gasteiger partial charge is 0.461 e. The van der Waals surface area contributed by atoms with Gasteiger partial charge in [0.15, 0.2) is 5.70 Å². The average molecular weight is 353 g/mol. The maximum Gasteiger partial charge on any atom is 0.356 e. The van der Waals surface area contributed by atoms with Crippen molar-refractivity contribution in [3.63, 3.8) is 0 Å². The highest BCUT2D eigenvalue weighted by molar-refractivity contribution is 6.01. The second-order valence-electron chi connectivity index (χ2n) is 5.53. The molecule has 0 aromatic heterocycles. The molecule has 1 amide bonds. The number of benzene rings is 1. The molecule has 0 atom stereocenters. The number of hydrogen-bond donors (Lipinski definition) is 3. The van der Waals surface area contributed by atoms with E-state index in [1.165, 1.54) is 0 Å². The standard InChI is InChI=1S/C18H19N5O3/c1-12(2)11-26-18(25)16(10-22-15(9-20)14(21)8-19)23-17(24)13-6-4-3-5-7-13/h3-7,10,12,22H,11,21H2,1-2H3,(H,23,24)/b15-14+,16-10+. The minimum absolute atomic E-state index is 0.0989. The number of nitrogens with zero attached hydrogens (tertiary/aromatic N) is 2. The molecule has 1 aromatic carbocycles. The third kappa shape index (κ3) is 6.38. The van der Waals surface area contributed by atoms with E-state index in [0.717, 1.165) is 6.20 Å². The highest BCUT2D eigenvalue weighted by Crippen LogP contribution is 2.04. The number of allylic oxidation sites excluding steroid dienone is 2. The van der Waals surface area contributed by atoms with Crippen molar-refractivity contribution in [1.29, 1.82) is 10.5 Å². The second kappa shape index (κ2) is 10.2. The Balaban J connectivity index is 3.04. The van der Waals surface area contributed by atoms with Crippen LogP contribution in [-0.2, 0) is 9.53 Å². The predicted molar refractivity (Wildman–Crippen MR) is 93.4 cm³/mol. The number of ether oxygens (including phenoxy) is 1. The lowest BCUT2D eigenvalue weighted by Crippen LogP contribution is -2.30. The molecule has 8 heteroatoms. The first-order chi connectivity index (χ1) is 12.4. The third-order valence-electron chi connectivity index (χ3n) is 2.91. The number of rotatable bonds is 7. The van der Waals surface area contributed by atoms with E-state index in [1.54, 1.807) is 42.5 Å². The molecular formula is C18H19N5O3. The monoisotopic (exact) mass is 353 g/mol. The summed E-state index contributed by atoms with van der Waals surface area (Å²) in [5, 5.41) is 22.6. The maximum atomic E-state index is 12.3. The summed E-state index contributed by atoms with van der Waals surface area (Å²) in [4.78, 5) is 24.5. The first-order valence-corrected chi connectivity index (χ1v) is 7.69. The molecule has 0 aliphatic heterocycles. The van der Waals surface area contributed by atoms with E-state index in [0.29, 0.717) is 5.56 Å². The van der Waals surface area contributed by atoms with Crippen LogP contribution in [-0.4, -0.2) is 18.5 Å². The number of esters is 1. The van der Waals surface area contributed by atoms with Crippen molar-refractivity contribution in [3.8, 4) is 12.1 Å². The molecule has 1 rings (SSSR count). The van der Waals surface area contributed by atoms with Gasteiger partial charge in [0.2, 0.25) is 0 Å². The minimum Gasteiger partial charge on any atom is -0.461 e. The van der Waals surface area contributed by atoms with Crippen LogP contribution >= 0.6 is 0 Å². The van der Waals surface area contributed by atoms with Crippen molar-refractivity contribution in [2.24, 2.45) is 11.7 Å². The number of nitrogens with two attached hydrogens (primary N) is 1. The van der Waals surface area contributed by atoms with Crippen LogP contribution in [0.25, 0.3) is 0 Å². The molecule has 0 fully saturated rings. The van der Waals surface area contributed by atoms with Crippen molar-refractivity contribution in [2.75, 3.05) is 6.61 Å². The fourth-order valence-electron chi connectivity index (χ4n) is 1.62. The molecule has 26 heavy (non-hydrogen) atoms. The topological polar surface area (TPSA) is 141 Å². The van der Waals surface area contributed by atoms with Gasteiger partial charge >= 0.3 is 5.97 Å². The number of nitrogens with one attached hydrogen (secondary N) is 2. The van der Waals surface area contributed by atoms with E-state index >= 15 is 0 Å². The first-order valence-electron chi connectivity index (χ1n) is 7.69. The summed E-state index contributed by atoms with van der Waals surface area (Å²) < 4.78 is 5.10. The Kier molecular flexibility index (Phi) is 7.92. The zero-order valence-electron chi connectivity index (χ0n) is 14.4. The van der Waals surface area contributed by atoms with Gasteiger partial charge in [0.05, 0.1) is 6.61 Å². The number of carbonyl (C=O) groups excluding carboxylic acids is 2. The number of amides is 1. The quantitative estimate of drug-likeness (QED) is 0.381. The second-order valence-corrected chi connectivity index (χ2v) is 5.53. The predicted octanol–water partition coefficient (Wildman–Crippen LogP) is 1.26. The van der Waals surface area contributed by atoms with Crippen LogP contribution in [0.4, 0.5) is 0 Å². The number of hydrogen-bond acceptors (Lipinski definition) is 7. The SMILES string of the molecule is CC(C)COC(=O)/C(=C\N/C(C#N)=C(/N)C#N)NC(=O)c1ccccc1. The normalized spacial score (nSPS) is 11.7. The Morgan fingerprint density at radius 1 is 1.23 bits per heavy atom. The molecule has 0 bridgehead atoms. The van der Waals surface area contributed by atoms with Gasteiger partial charge in [-0.2, -0.15) is 10.5 Å². The lowest BCUT2D eigenvalue weighted by atomic mass is 10.2. The van der Waals surface area contributed by atoms with E-state index in [9.17, 15) is 9.59 Å². The Morgan fingerprint density at radius 3 is 2.42 bits per heavy atom. The minimum atomic E-state index is -0.789. The van der Waals surface area contributed by atoms with Crippen molar-refractivity contribution in [1.82, 2.24) is 10.6 Å². The third-order valence-corrected chi connectivity index (χ3v) is 2.91. The summed E-state index contributed by atoms with van der Waals surface area (Å²) in [6.45, 7) is 3.88. The van der Waals surface area contributed by atoms with Gasteiger partial charge in [-0.25, -0.2) is 4.79 Å². The lowest BCUT2D eigenvalue weighted by molar-refractivity contribution is -0.140. The molecule has 0 aliphatic carbocycles. The summed E-state index contributed by atoms with van der Waals surface area (Å²) in [5.74, 6) is -1.22. The van der Waals surface area contributed by atoms with E-state index in [2.05, 4.69) is 10.6 Å². The van der Waals surface area contributed by atoms with E-state index in [4.69, 9.17) is 21.0 Å². The van der Waals surface area contributed by atoms with Crippen molar-refractivity contribution < 1.29 is 14.3 Å². The first kappa shape index (κ1) is 20.3. The smallest absolute Gasteiger partial charge is 0.356 e. The van der Waals surface area contributed by atoms with Crippen LogP contribution in [0.3, 0.4) is 0 Å². The summed E-state index contributed by atoms with van der Waals surface area (Å²) in [6, 6.07) is 11.6. The Labute approximate surface area is 151 Å². The molecule has 0 radical (unpaired) electrons. The van der Waals surface area contributed by atoms with E-state index < -0.39 is 11.9 Å². The number of carbonyl (C=O) groups is 2. The van der Waals surface area contributed by atoms with Crippen LogP contribution in [0.2, 0.25) is 0 Å². The van der Waals surface area contributed by atoms with Gasteiger partial charge in [0.1, 0.15) is 23.5 Å². The van der Waals surface area contributed by atoms with Crippen LogP contribution in [0, 0.1) is 28.6 Å². The van der Waals surface area contributed by atoms with Crippen molar-refractivity contribution in [2.45, 2.75) is 13.8 Å². The lowest BCUT2D eigenvalue weighted by Gasteiger charge is -2.12. The van der Waals surface area contributed by atoms with Crippen LogP contribution < -0.4 is 16.4 Å². The summed E-state index contributed by atoms with van der Waals surface area (Å²) in [6.07, 6.45) is 1.06. The summed E-state index contributed by atoms with van der Waals surface area (Å²) in [7, 11) is 0. The fourth-order valence-corrected chi connectivity index (χ4v) is 1.62. The van der Waals surface area contributed by atoms with Crippen molar-refractivity contribution in [3.05, 3.63) is 59.2 Å². The van der Waals surface area contributed by atoms with E-state index in [1.807, 2.05) is 13.8 Å². The molecule has 134 valence electrons. The van der Waals surface area contributed by atoms with Gasteiger partial charge in [-0.1, -0.05) is 32.0 Å². The Morgan fingerprint density at radius 2 is 1.88 bits per heavy atom. The van der Waals surface area contributed by atoms with Crippen LogP contribution in [0.15, 0.2) is 53.6 Å². The molecule has 0 saturated carbocycles. The van der Waals surface area contributed by atoms with E-state index in [-0.39, 0.29) is 29.6 Å². The van der Waals surface area contributed by atoms with Gasteiger partial charge < -0.3 is 21.1 Å². The molecular weight excluding hydrogens is 334 g/mol. The number of nitriles is 2. The van der Waals surface area contributed by atoms with Gasteiger partial charge in [-0.05, 0) is 18.1 Å². The average Bonchev–Trinajstić information content (AvgIpc) is 2.65. The Bertz CT molecular complexity index is 798. The molecule has 0 spiro atoms. The van der Waals surface area contributed by atoms with Crippen LogP contribution in [0.5, 0.6) is 0 Å². The highest BCUT2D eigenvalue weighted by Gasteiger charge is 2.16. The van der Waals surface area contributed by atoms with Gasteiger partial charge in [0.25, 0.3) is 5.91 Å². The molecule has 8 nitrogen and oxygen atoms in total. The molecule has 0 saturated heterocycles. The zero-order chi connectivity index (χ0) is 19.5. The molecule has 0 heterocycles. The molecule has 4 N–H and O–H groups in total. The summed E-state index contributed by atoms with van der Waals surface area (Å²) in [5.41, 5.74) is 4.89. The highest BCUT2D eigenvalue weighted by atomic mass is 16.5.